The molecule has 0 unspecified atom stereocenters. The highest BCUT2D eigenvalue weighted by Gasteiger charge is 2.34. The first-order chi connectivity index (χ1) is 13.8. The number of cyclic esters (lactones) is 1. The van der Waals surface area contributed by atoms with Crippen LogP contribution in [0.15, 0.2) is 66.3 Å². The molecule has 0 bridgehead atoms. The average molecular weight is 394 g/mol. The SMILES string of the molecule is CC1(C)Oc2ccccc2C(c2ccc(F)cc2)=C1C=C[C@H]1C[C@H](O)CC(=O)O1. The van der Waals surface area contributed by atoms with E-state index in [0.717, 1.165) is 28.0 Å². The molecule has 4 rings (SSSR count). The van der Waals surface area contributed by atoms with E-state index in [1.165, 1.54) is 12.1 Å². The Labute approximate surface area is 169 Å². The van der Waals surface area contributed by atoms with Crippen molar-refractivity contribution in [1.82, 2.24) is 0 Å². The lowest BCUT2D eigenvalue weighted by Crippen LogP contribution is -2.35. The molecule has 2 atom stereocenters. The Morgan fingerprint density at radius 2 is 1.86 bits per heavy atom. The van der Waals surface area contributed by atoms with Gasteiger partial charge in [-0.15, -0.1) is 0 Å². The minimum absolute atomic E-state index is 0.0237. The fourth-order valence-electron chi connectivity index (χ4n) is 3.88. The topological polar surface area (TPSA) is 55.8 Å². The third-order valence-electron chi connectivity index (χ3n) is 5.24. The molecule has 0 radical (unpaired) electrons. The molecule has 0 aromatic heterocycles. The van der Waals surface area contributed by atoms with Crippen molar-refractivity contribution in [3.8, 4) is 5.75 Å². The maximum Gasteiger partial charge on any atom is 0.309 e. The number of halogens is 1. The van der Waals surface area contributed by atoms with Crippen molar-refractivity contribution in [2.24, 2.45) is 0 Å². The van der Waals surface area contributed by atoms with Crippen LogP contribution in [0, 0.1) is 5.82 Å². The van der Waals surface area contributed by atoms with Crippen molar-refractivity contribution in [3.05, 3.63) is 83.2 Å². The summed E-state index contributed by atoms with van der Waals surface area (Å²) in [5.74, 6) is 0.0540. The van der Waals surface area contributed by atoms with Crippen molar-refractivity contribution in [1.29, 1.82) is 0 Å². The molecule has 29 heavy (non-hydrogen) atoms. The molecule has 4 nitrogen and oxygen atoms in total. The van der Waals surface area contributed by atoms with E-state index in [4.69, 9.17) is 9.47 Å². The van der Waals surface area contributed by atoms with E-state index in [2.05, 4.69) is 0 Å². The summed E-state index contributed by atoms with van der Waals surface area (Å²) < 4.78 is 25.1. The van der Waals surface area contributed by atoms with E-state index >= 15 is 0 Å². The van der Waals surface area contributed by atoms with E-state index in [-0.39, 0.29) is 12.2 Å². The fourth-order valence-corrected chi connectivity index (χ4v) is 3.88. The number of aliphatic hydroxyl groups is 1. The summed E-state index contributed by atoms with van der Waals surface area (Å²) in [7, 11) is 0. The van der Waals surface area contributed by atoms with Gasteiger partial charge in [-0.05, 0) is 49.3 Å². The number of ether oxygens (including phenoxy) is 2. The molecule has 0 saturated carbocycles. The van der Waals surface area contributed by atoms with Gasteiger partial charge in [0.25, 0.3) is 0 Å². The summed E-state index contributed by atoms with van der Waals surface area (Å²) in [4.78, 5) is 11.7. The van der Waals surface area contributed by atoms with Gasteiger partial charge >= 0.3 is 5.97 Å². The predicted octanol–water partition coefficient (Wildman–Crippen LogP) is 4.42. The number of benzene rings is 2. The summed E-state index contributed by atoms with van der Waals surface area (Å²) in [5, 5.41) is 9.87. The smallest absolute Gasteiger partial charge is 0.309 e. The van der Waals surface area contributed by atoms with Crippen molar-refractivity contribution < 1.29 is 23.8 Å². The highest BCUT2D eigenvalue weighted by atomic mass is 19.1. The lowest BCUT2D eigenvalue weighted by atomic mass is 9.82. The number of carbonyl (C=O) groups is 1. The maximum atomic E-state index is 13.5. The minimum atomic E-state index is -0.701. The summed E-state index contributed by atoms with van der Waals surface area (Å²) >= 11 is 0. The van der Waals surface area contributed by atoms with Gasteiger partial charge in [0.05, 0.1) is 12.5 Å². The highest BCUT2D eigenvalue weighted by Crippen LogP contribution is 2.44. The van der Waals surface area contributed by atoms with Gasteiger partial charge < -0.3 is 14.6 Å². The zero-order valence-electron chi connectivity index (χ0n) is 16.4. The molecule has 1 N–H and O–H groups in total. The first-order valence-electron chi connectivity index (χ1n) is 9.68. The molecule has 0 amide bonds. The Bertz CT molecular complexity index is 988. The Morgan fingerprint density at radius 1 is 1.14 bits per heavy atom. The molecule has 2 aliphatic heterocycles. The van der Waals surface area contributed by atoms with Gasteiger partial charge in [0.2, 0.25) is 0 Å². The van der Waals surface area contributed by atoms with Gasteiger partial charge in [-0.3, -0.25) is 4.79 Å². The number of para-hydroxylation sites is 1. The number of esters is 1. The highest BCUT2D eigenvalue weighted by molar-refractivity contribution is 5.88. The third kappa shape index (κ3) is 3.96. The van der Waals surface area contributed by atoms with Crippen LogP contribution in [0.1, 0.15) is 37.8 Å². The molecule has 150 valence electrons. The molecule has 2 aromatic carbocycles. The Morgan fingerprint density at radius 3 is 2.59 bits per heavy atom. The van der Waals surface area contributed by atoms with Gasteiger partial charge in [-0.1, -0.05) is 36.4 Å². The Hall–Kier alpha value is -2.92. The zero-order chi connectivity index (χ0) is 20.6. The van der Waals surface area contributed by atoms with E-state index in [9.17, 15) is 14.3 Å². The van der Waals surface area contributed by atoms with Crippen molar-refractivity contribution in [2.75, 3.05) is 0 Å². The lowest BCUT2D eigenvalue weighted by Gasteiger charge is -2.36. The number of carbonyl (C=O) groups excluding carboxylic acids is 1. The number of rotatable bonds is 3. The number of hydrogen-bond acceptors (Lipinski definition) is 4. The van der Waals surface area contributed by atoms with E-state index < -0.39 is 23.8 Å². The summed E-state index contributed by atoms with van der Waals surface area (Å²) in [6.07, 6.45) is 2.87. The molecule has 2 aliphatic rings. The molecule has 0 spiro atoms. The summed E-state index contributed by atoms with van der Waals surface area (Å²) in [6.45, 7) is 3.93. The fraction of sp³-hybridized carbons (Fsp3) is 0.292. The van der Waals surface area contributed by atoms with Crippen LogP contribution < -0.4 is 4.74 Å². The third-order valence-corrected chi connectivity index (χ3v) is 5.24. The number of aliphatic hydroxyl groups excluding tert-OH is 1. The summed E-state index contributed by atoms with van der Waals surface area (Å²) in [6, 6.07) is 14.1. The number of fused-ring (bicyclic) bond motifs is 1. The van der Waals surface area contributed by atoms with Crippen LogP contribution in [0.2, 0.25) is 0 Å². The molecule has 5 heteroatoms. The minimum Gasteiger partial charge on any atom is -0.482 e. The monoisotopic (exact) mass is 394 g/mol. The average Bonchev–Trinajstić information content (AvgIpc) is 2.65. The zero-order valence-corrected chi connectivity index (χ0v) is 16.4. The maximum absolute atomic E-state index is 13.5. The summed E-state index contributed by atoms with van der Waals surface area (Å²) in [5.41, 5.74) is 2.95. The van der Waals surface area contributed by atoms with Crippen LogP contribution in [0.25, 0.3) is 5.57 Å². The number of hydrogen-bond donors (Lipinski definition) is 1. The largest absolute Gasteiger partial charge is 0.482 e. The van der Waals surface area contributed by atoms with Crippen LogP contribution >= 0.6 is 0 Å². The van der Waals surface area contributed by atoms with Crippen molar-refractivity contribution >= 4 is 11.5 Å². The molecular weight excluding hydrogens is 371 g/mol. The Kier molecular flexibility index (Phi) is 5.01. The molecule has 1 fully saturated rings. The van der Waals surface area contributed by atoms with E-state index in [1.54, 1.807) is 18.2 Å². The van der Waals surface area contributed by atoms with Crippen LogP contribution in [0.3, 0.4) is 0 Å². The van der Waals surface area contributed by atoms with E-state index in [1.807, 2.05) is 44.2 Å². The lowest BCUT2D eigenvalue weighted by molar-refractivity contribution is -0.156. The van der Waals surface area contributed by atoms with Gasteiger partial charge in [0, 0.05) is 17.6 Å². The second-order valence-electron chi connectivity index (χ2n) is 7.89. The quantitative estimate of drug-likeness (QED) is 0.783. The molecule has 2 heterocycles. The predicted molar refractivity (Wildman–Crippen MR) is 108 cm³/mol. The van der Waals surface area contributed by atoms with Crippen molar-refractivity contribution in [2.45, 2.75) is 44.5 Å². The molecular formula is C24H23FO4. The first kappa shape index (κ1) is 19.4. The molecule has 0 aliphatic carbocycles. The van der Waals surface area contributed by atoms with Crippen LogP contribution in [-0.4, -0.2) is 28.9 Å². The Balaban J connectivity index is 1.83. The van der Waals surface area contributed by atoms with Crippen LogP contribution in [-0.2, 0) is 9.53 Å². The second-order valence-corrected chi connectivity index (χ2v) is 7.89. The van der Waals surface area contributed by atoms with Gasteiger partial charge in [0.1, 0.15) is 23.3 Å². The normalized spacial score (nSPS) is 23.5. The van der Waals surface area contributed by atoms with Crippen molar-refractivity contribution in [3.63, 3.8) is 0 Å². The standard InChI is InChI=1S/C24H23FO4/c1-24(2)20(12-11-18-13-17(26)14-22(27)28-18)23(15-7-9-16(25)10-8-15)19-5-3-4-6-21(19)29-24/h3-12,17-18,26H,13-14H2,1-2H3/t17-,18-/m0/s1. The van der Waals surface area contributed by atoms with Crippen LogP contribution in [0.5, 0.6) is 5.75 Å². The van der Waals surface area contributed by atoms with Gasteiger partial charge in [-0.25, -0.2) is 4.39 Å². The molecule has 1 saturated heterocycles. The first-order valence-corrected chi connectivity index (χ1v) is 9.68. The second kappa shape index (κ2) is 7.48. The molecule has 2 aromatic rings. The van der Waals surface area contributed by atoms with Gasteiger partial charge in [0.15, 0.2) is 0 Å². The van der Waals surface area contributed by atoms with E-state index in [0.29, 0.717) is 6.42 Å². The van der Waals surface area contributed by atoms with Gasteiger partial charge in [-0.2, -0.15) is 0 Å². The van der Waals surface area contributed by atoms with Crippen LogP contribution in [0.4, 0.5) is 4.39 Å².